The third-order valence-corrected chi connectivity index (χ3v) is 7.86. The van der Waals surface area contributed by atoms with Crippen LogP contribution in [0.1, 0.15) is 31.2 Å². The van der Waals surface area contributed by atoms with E-state index in [0.717, 1.165) is 17.9 Å². The fraction of sp³-hybridized carbons (Fsp3) is 0.409. The second kappa shape index (κ2) is 7.59. The summed E-state index contributed by atoms with van der Waals surface area (Å²) in [6, 6.07) is 15.7. The number of fused-ring (bicyclic) bond motifs is 2. The van der Waals surface area contributed by atoms with E-state index in [0.29, 0.717) is 11.6 Å². The van der Waals surface area contributed by atoms with Crippen molar-refractivity contribution in [3.63, 3.8) is 0 Å². The lowest BCUT2D eigenvalue weighted by Gasteiger charge is -2.28. The van der Waals surface area contributed by atoms with Crippen LogP contribution in [-0.2, 0) is 14.8 Å². The summed E-state index contributed by atoms with van der Waals surface area (Å²) in [7, 11) is -3.84. The van der Waals surface area contributed by atoms with Gasteiger partial charge in [-0.3, -0.25) is 9.10 Å². The minimum absolute atomic E-state index is 0.185. The zero-order valence-corrected chi connectivity index (χ0v) is 16.9. The molecule has 0 unspecified atom stereocenters. The van der Waals surface area contributed by atoms with Crippen molar-refractivity contribution in [3.05, 3.63) is 60.2 Å². The molecule has 0 aromatic heterocycles. The Morgan fingerprint density at radius 2 is 1.75 bits per heavy atom. The molecule has 2 aromatic rings. The molecule has 28 heavy (non-hydrogen) atoms. The number of sulfonamides is 1. The first-order valence-electron chi connectivity index (χ1n) is 9.88. The Bertz CT molecular complexity index is 959. The summed E-state index contributed by atoms with van der Waals surface area (Å²) in [5.41, 5.74) is 1.35. The first kappa shape index (κ1) is 19.0. The number of rotatable bonds is 6. The van der Waals surface area contributed by atoms with E-state index >= 15 is 0 Å². The molecule has 6 heteroatoms. The van der Waals surface area contributed by atoms with Crippen LogP contribution in [0.5, 0.6) is 0 Å². The Kier molecular flexibility index (Phi) is 5.15. The van der Waals surface area contributed by atoms with Gasteiger partial charge >= 0.3 is 0 Å². The predicted octanol–water partition coefficient (Wildman–Crippen LogP) is 3.50. The van der Waals surface area contributed by atoms with Crippen LogP contribution in [0, 0.1) is 18.8 Å². The highest BCUT2D eigenvalue weighted by Crippen LogP contribution is 2.44. The SMILES string of the molecule is Cc1ccccc1N(CC(=O)N[C@H]1C[C@H]2CC[C@H]1C2)S(=O)(=O)c1ccccc1. The van der Waals surface area contributed by atoms with Gasteiger partial charge in [-0.15, -0.1) is 0 Å². The molecular weight excluding hydrogens is 372 g/mol. The molecule has 148 valence electrons. The molecule has 2 saturated carbocycles. The van der Waals surface area contributed by atoms with Gasteiger partial charge < -0.3 is 5.32 Å². The second-order valence-electron chi connectivity index (χ2n) is 7.96. The van der Waals surface area contributed by atoms with Crippen molar-refractivity contribution in [3.8, 4) is 0 Å². The molecular formula is C22H26N2O3S. The lowest BCUT2D eigenvalue weighted by molar-refractivity contribution is -0.120. The summed E-state index contributed by atoms with van der Waals surface area (Å²) in [4.78, 5) is 13.0. The number of nitrogens with one attached hydrogen (secondary N) is 1. The minimum atomic E-state index is -3.84. The largest absolute Gasteiger partial charge is 0.352 e. The fourth-order valence-corrected chi connectivity index (χ4v) is 6.17. The molecule has 0 heterocycles. The van der Waals surface area contributed by atoms with Crippen molar-refractivity contribution in [1.29, 1.82) is 0 Å². The van der Waals surface area contributed by atoms with E-state index < -0.39 is 10.0 Å². The number of hydrogen-bond acceptors (Lipinski definition) is 3. The smallest absolute Gasteiger partial charge is 0.264 e. The van der Waals surface area contributed by atoms with Gasteiger partial charge in [0.25, 0.3) is 10.0 Å². The summed E-state index contributed by atoms with van der Waals surface area (Å²) < 4.78 is 27.9. The van der Waals surface area contributed by atoms with Gasteiger partial charge in [-0.25, -0.2) is 8.42 Å². The molecule has 0 spiro atoms. The van der Waals surface area contributed by atoms with E-state index in [9.17, 15) is 13.2 Å². The minimum Gasteiger partial charge on any atom is -0.352 e. The maximum Gasteiger partial charge on any atom is 0.264 e. The van der Waals surface area contributed by atoms with Gasteiger partial charge in [0.1, 0.15) is 6.54 Å². The quantitative estimate of drug-likeness (QED) is 0.810. The van der Waals surface area contributed by atoms with Gasteiger partial charge in [-0.05, 0) is 61.8 Å². The summed E-state index contributed by atoms with van der Waals surface area (Å²) >= 11 is 0. The van der Waals surface area contributed by atoms with Gasteiger partial charge in [0.2, 0.25) is 5.91 Å². The van der Waals surface area contributed by atoms with E-state index in [1.165, 1.54) is 23.6 Å². The molecule has 3 atom stereocenters. The zero-order chi connectivity index (χ0) is 19.7. The van der Waals surface area contributed by atoms with Crippen LogP contribution in [0.25, 0.3) is 0 Å². The molecule has 1 amide bonds. The molecule has 2 aromatic carbocycles. The number of aryl methyl sites for hydroxylation is 1. The molecule has 1 N–H and O–H groups in total. The second-order valence-corrected chi connectivity index (χ2v) is 9.82. The lowest BCUT2D eigenvalue weighted by atomic mass is 9.95. The van der Waals surface area contributed by atoms with Crippen LogP contribution in [0.15, 0.2) is 59.5 Å². The van der Waals surface area contributed by atoms with Gasteiger partial charge in [0.05, 0.1) is 10.6 Å². The van der Waals surface area contributed by atoms with Crippen LogP contribution in [0.4, 0.5) is 5.69 Å². The highest BCUT2D eigenvalue weighted by Gasteiger charge is 2.40. The number of carbonyl (C=O) groups excluding carboxylic acids is 1. The van der Waals surface area contributed by atoms with E-state index in [1.54, 1.807) is 42.5 Å². The van der Waals surface area contributed by atoms with Gasteiger partial charge in [0.15, 0.2) is 0 Å². The molecule has 5 nitrogen and oxygen atoms in total. The van der Waals surface area contributed by atoms with Crippen LogP contribution in [0.3, 0.4) is 0 Å². The number of carbonyl (C=O) groups is 1. The number of amides is 1. The van der Waals surface area contributed by atoms with Gasteiger partial charge in [0, 0.05) is 6.04 Å². The maximum absolute atomic E-state index is 13.3. The Morgan fingerprint density at radius 1 is 1.04 bits per heavy atom. The number of para-hydroxylation sites is 1. The summed E-state index contributed by atoms with van der Waals surface area (Å²) in [5.74, 6) is 1.03. The standard InChI is InChI=1S/C22H26N2O3S/c1-16-7-5-6-10-21(16)24(28(26,27)19-8-3-2-4-9-19)15-22(25)23-20-14-17-11-12-18(20)13-17/h2-10,17-18,20H,11-15H2,1H3,(H,23,25)/t17-,18-,20-/m0/s1. The topological polar surface area (TPSA) is 66.5 Å². The molecule has 2 bridgehead atoms. The molecule has 2 aliphatic rings. The van der Waals surface area contributed by atoms with Crippen molar-refractivity contribution in [2.45, 2.75) is 43.5 Å². The van der Waals surface area contributed by atoms with E-state index in [2.05, 4.69) is 5.32 Å². The summed E-state index contributed by atoms with van der Waals surface area (Å²) in [6.45, 7) is 1.65. The Balaban J connectivity index is 1.60. The first-order valence-corrected chi connectivity index (χ1v) is 11.3. The van der Waals surface area contributed by atoms with Crippen LogP contribution >= 0.6 is 0 Å². The van der Waals surface area contributed by atoms with Crippen molar-refractivity contribution in [2.75, 3.05) is 10.8 Å². The zero-order valence-electron chi connectivity index (χ0n) is 16.0. The average molecular weight is 399 g/mol. The van der Waals surface area contributed by atoms with E-state index in [-0.39, 0.29) is 23.4 Å². The molecule has 2 aliphatic carbocycles. The van der Waals surface area contributed by atoms with E-state index in [1.807, 2.05) is 19.1 Å². The van der Waals surface area contributed by atoms with Crippen LogP contribution in [-0.4, -0.2) is 26.9 Å². The van der Waals surface area contributed by atoms with Gasteiger partial charge in [-0.2, -0.15) is 0 Å². The number of anilines is 1. The number of benzene rings is 2. The van der Waals surface area contributed by atoms with Gasteiger partial charge in [-0.1, -0.05) is 42.8 Å². The normalized spacial score (nSPS) is 23.5. The number of nitrogens with zero attached hydrogens (tertiary/aromatic N) is 1. The average Bonchev–Trinajstić information content (AvgIpc) is 3.30. The lowest BCUT2D eigenvalue weighted by Crippen LogP contribution is -2.46. The van der Waals surface area contributed by atoms with Crippen molar-refractivity contribution in [2.24, 2.45) is 11.8 Å². The maximum atomic E-state index is 13.3. The third-order valence-electron chi connectivity index (χ3n) is 6.09. The highest BCUT2D eigenvalue weighted by molar-refractivity contribution is 7.92. The number of hydrogen-bond donors (Lipinski definition) is 1. The van der Waals surface area contributed by atoms with Crippen molar-refractivity contribution >= 4 is 21.6 Å². The van der Waals surface area contributed by atoms with Crippen LogP contribution < -0.4 is 9.62 Å². The van der Waals surface area contributed by atoms with Crippen molar-refractivity contribution < 1.29 is 13.2 Å². The molecule has 4 rings (SSSR count). The fourth-order valence-electron chi connectivity index (χ4n) is 4.67. The molecule has 2 fully saturated rings. The Morgan fingerprint density at radius 3 is 2.39 bits per heavy atom. The van der Waals surface area contributed by atoms with Crippen LogP contribution in [0.2, 0.25) is 0 Å². The molecule has 0 radical (unpaired) electrons. The summed E-state index contributed by atoms with van der Waals surface area (Å²) in [6.07, 6.45) is 4.63. The molecule has 0 aliphatic heterocycles. The molecule has 0 saturated heterocycles. The predicted molar refractivity (Wildman–Crippen MR) is 110 cm³/mol. The first-order chi connectivity index (χ1) is 13.4. The summed E-state index contributed by atoms with van der Waals surface area (Å²) in [5, 5.41) is 3.11. The van der Waals surface area contributed by atoms with E-state index in [4.69, 9.17) is 0 Å². The highest BCUT2D eigenvalue weighted by atomic mass is 32.2. The van der Waals surface area contributed by atoms with Crippen molar-refractivity contribution in [1.82, 2.24) is 5.32 Å². The Hall–Kier alpha value is -2.34. The third kappa shape index (κ3) is 3.65. The Labute approximate surface area is 166 Å². The monoisotopic (exact) mass is 398 g/mol.